The first-order valence-corrected chi connectivity index (χ1v) is 4.69. The zero-order chi connectivity index (χ0) is 11.3. The minimum absolute atomic E-state index is 0.115. The van der Waals surface area contributed by atoms with Crippen molar-refractivity contribution in [2.45, 2.75) is 20.3 Å². The van der Waals surface area contributed by atoms with Gasteiger partial charge >= 0.3 is 5.97 Å². The molecule has 0 N–H and O–H groups in total. The molecule has 1 aromatic rings. The van der Waals surface area contributed by atoms with Gasteiger partial charge in [-0.15, -0.1) is 0 Å². The van der Waals surface area contributed by atoms with Crippen LogP contribution in [0, 0.1) is 18.3 Å². The van der Waals surface area contributed by atoms with Crippen molar-refractivity contribution in [3.63, 3.8) is 0 Å². The van der Waals surface area contributed by atoms with E-state index in [4.69, 9.17) is 10.00 Å². The Bertz CT molecular complexity index is 408. The van der Waals surface area contributed by atoms with Crippen molar-refractivity contribution in [2.75, 3.05) is 6.61 Å². The number of carbonyl (C=O) groups is 1. The number of ether oxygens (including phenoxy) is 1. The number of aromatic nitrogens is 1. The smallest absolute Gasteiger partial charge is 0.311 e. The predicted molar refractivity (Wildman–Crippen MR) is 54.0 cm³/mol. The number of hydrogen-bond donors (Lipinski definition) is 0. The molecule has 0 aliphatic heterocycles. The van der Waals surface area contributed by atoms with Crippen molar-refractivity contribution >= 4 is 5.97 Å². The summed E-state index contributed by atoms with van der Waals surface area (Å²) in [6, 6.07) is 5.40. The summed E-state index contributed by atoms with van der Waals surface area (Å²) >= 11 is 0. The largest absolute Gasteiger partial charge is 0.466 e. The summed E-state index contributed by atoms with van der Waals surface area (Å²) in [6.45, 7) is 3.97. The molecular weight excluding hydrogens is 192 g/mol. The lowest BCUT2D eigenvalue weighted by Gasteiger charge is -2.02. The van der Waals surface area contributed by atoms with Gasteiger partial charge in [0.05, 0.1) is 18.7 Å². The summed E-state index contributed by atoms with van der Waals surface area (Å²) in [5.41, 5.74) is 1.82. The zero-order valence-electron chi connectivity index (χ0n) is 8.78. The summed E-state index contributed by atoms with van der Waals surface area (Å²) in [5, 5.41) is 8.70. The van der Waals surface area contributed by atoms with Crippen LogP contribution in [0.15, 0.2) is 12.1 Å². The summed E-state index contributed by atoms with van der Waals surface area (Å²) in [5.74, 6) is -0.320. The van der Waals surface area contributed by atoms with Crippen LogP contribution in [0.3, 0.4) is 0 Å². The Morgan fingerprint density at radius 3 is 2.93 bits per heavy atom. The lowest BCUT2D eigenvalue weighted by atomic mass is 10.2. The minimum Gasteiger partial charge on any atom is -0.466 e. The number of esters is 1. The first-order valence-electron chi connectivity index (χ1n) is 4.69. The van der Waals surface area contributed by atoms with Crippen LogP contribution < -0.4 is 0 Å². The van der Waals surface area contributed by atoms with E-state index in [9.17, 15) is 4.79 Å². The lowest BCUT2D eigenvalue weighted by molar-refractivity contribution is -0.142. The molecule has 0 aliphatic rings. The second-order valence-corrected chi connectivity index (χ2v) is 3.11. The normalized spacial score (nSPS) is 9.40. The number of pyridine rings is 1. The average molecular weight is 204 g/mol. The fourth-order valence-electron chi connectivity index (χ4n) is 1.25. The molecule has 1 rings (SSSR count). The first kappa shape index (κ1) is 11.2. The Morgan fingerprint density at radius 2 is 2.33 bits per heavy atom. The van der Waals surface area contributed by atoms with E-state index in [1.54, 1.807) is 19.1 Å². The summed E-state index contributed by atoms with van der Waals surface area (Å²) in [7, 11) is 0. The third-order valence-corrected chi connectivity index (χ3v) is 1.77. The molecule has 15 heavy (non-hydrogen) atoms. The molecule has 0 fully saturated rings. The SMILES string of the molecule is CCOC(=O)Cc1cc(C)cc(C#N)n1. The molecule has 4 heteroatoms. The second-order valence-electron chi connectivity index (χ2n) is 3.11. The van der Waals surface area contributed by atoms with Gasteiger partial charge in [-0.3, -0.25) is 4.79 Å². The van der Waals surface area contributed by atoms with Gasteiger partial charge in [0.15, 0.2) is 0 Å². The van der Waals surface area contributed by atoms with Gasteiger partial charge in [0.2, 0.25) is 0 Å². The maximum absolute atomic E-state index is 11.2. The van der Waals surface area contributed by atoms with Gasteiger partial charge < -0.3 is 4.74 Å². The maximum Gasteiger partial charge on any atom is 0.311 e. The fourth-order valence-corrected chi connectivity index (χ4v) is 1.25. The molecule has 0 atom stereocenters. The molecule has 0 unspecified atom stereocenters. The Balaban J connectivity index is 2.82. The monoisotopic (exact) mass is 204 g/mol. The highest BCUT2D eigenvalue weighted by Gasteiger charge is 2.06. The highest BCUT2D eigenvalue weighted by atomic mass is 16.5. The van der Waals surface area contributed by atoms with Crippen molar-refractivity contribution < 1.29 is 9.53 Å². The lowest BCUT2D eigenvalue weighted by Crippen LogP contribution is -2.09. The van der Waals surface area contributed by atoms with E-state index in [1.165, 1.54) is 0 Å². The van der Waals surface area contributed by atoms with E-state index >= 15 is 0 Å². The van der Waals surface area contributed by atoms with E-state index in [0.717, 1.165) is 5.56 Å². The molecule has 0 aromatic carbocycles. The Kier molecular flexibility index (Phi) is 3.81. The van der Waals surface area contributed by atoms with Crippen molar-refractivity contribution in [2.24, 2.45) is 0 Å². The number of nitriles is 1. The van der Waals surface area contributed by atoms with Gasteiger partial charge in [0.1, 0.15) is 11.8 Å². The molecule has 0 saturated carbocycles. The molecule has 0 aliphatic carbocycles. The summed E-state index contributed by atoms with van der Waals surface area (Å²) in [4.78, 5) is 15.2. The van der Waals surface area contributed by atoms with Crippen LogP contribution in [0.1, 0.15) is 23.9 Å². The molecule has 0 saturated heterocycles. The number of rotatable bonds is 3. The topological polar surface area (TPSA) is 63.0 Å². The molecule has 0 bridgehead atoms. The average Bonchev–Trinajstić information content (AvgIpc) is 2.17. The van der Waals surface area contributed by atoms with Crippen LogP contribution in [0.25, 0.3) is 0 Å². The molecule has 4 nitrogen and oxygen atoms in total. The van der Waals surface area contributed by atoms with Gasteiger partial charge in [0.25, 0.3) is 0 Å². The number of nitrogens with zero attached hydrogens (tertiary/aromatic N) is 2. The van der Waals surface area contributed by atoms with Crippen LogP contribution in [-0.2, 0) is 16.0 Å². The van der Waals surface area contributed by atoms with Crippen LogP contribution in [0.2, 0.25) is 0 Å². The molecule has 1 heterocycles. The van der Waals surface area contributed by atoms with E-state index in [0.29, 0.717) is 18.0 Å². The van der Waals surface area contributed by atoms with E-state index in [1.807, 2.05) is 13.0 Å². The van der Waals surface area contributed by atoms with Crippen molar-refractivity contribution in [3.05, 3.63) is 29.1 Å². The molecule has 0 radical (unpaired) electrons. The van der Waals surface area contributed by atoms with Crippen molar-refractivity contribution in [1.29, 1.82) is 5.26 Å². The molecule has 0 amide bonds. The molecule has 78 valence electrons. The van der Waals surface area contributed by atoms with Crippen molar-refractivity contribution in [3.8, 4) is 6.07 Å². The summed E-state index contributed by atoms with van der Waals surface area (Å²) in [6.07, 6.45) is 0.115. The standard InChI is InChI=1S/C11H12N2O2/c1-3-15-11(14)6-9-4-8(2)5-10(7-12)13-9/h4-5H,3,6H2,1-2H3. The van der Waals surface area contributed by atoms with Crippen LogP contribution >= 0.6 is 0 Å². The minimum atomic E-state index is -0.320. The molecular formula is C11H12N2O2. The predicted octanol–water partition coefficient (Wildman–Crippen LogP) is 1.37. The van der Waals surface area contributed by atoms with Gasteiger partial charge in [-0.05, 0) is 31.5 Å². The number of aryl methyl sites for hydroxylation is 1. The van der Waals surface area contributed by atoms with Gasteiger partial charge in [0, 0.05) is 0 Å². The van der Waals surface area contributed by atoms with Gasteiger partial charge in [-0.25, -0.2) is 4.98 Å². The van der Waals surface area contributed by atoms with E-state index < -0.39 is 0 Å². The molecule has 1 aromatic heterocycles. The molecule has 0 spiro atoms. The second kappa shape index (κ2) is 5.11. The Labute approximate surface area is 88.5 Å². The first-order chi connectivity index (χ1) is 7.15. The van der Waals surface area contributed by atoms with Gasteiger partial charge in [-0.2, -0.15) is 5.26 Å². The van der Waals surface area contributed by atoms with Crippen molar-refractivity contribution in [1.82, 2.24) is 4.98 Å². The maximum atomic E-state index is 11.2. The van der Waals surface area contributed by atoms with E-state index in [2.05, 4.69) is 4.98 Å². The third-order valence-electron chi connectivity index (χ3n) is 1.77. The number of carbonyl (C=O) groups excluding carboxylic acids is 1. The summed E-state index contributed by atoms with van der Waals surface area (Å²) < 4.78 is 4.80. The highest BCUT2D eigenvalue weighted by molar-refractivity contribution is 5.72. The third kappa shape index (κ3) is 3.39. The van der Waals surface area contributed by atoms with Crippen LogP contribution in [-0.4, -0.2) is 17.6 Å². The fraction of sp³-hybridized carbons (Fsp3) is 0.364. The quantitative estimate of drug-likeness (QED) is 0.697. The highest BCUT2D eigenvalue weighted by Crippen LogP contribution is 2.05. The van der Waals surface area contributed by atoms with Crippen LogP contribution in [0.5, 0.6) is 0 Å². The zero-order valence-corrected chi connectivity index (χ0v) is 8.78. The number of hydrogen-bond acceptors (Lipinski definition) is 4. The van der Waals surface area contributed by atoms with Gasteiger partial charge in [-0.1, -0.05) is 0 Å². The van der Waals surface area contributed by atoms with E-state index in [-0.39, 0.29) is 12.4 Å². The Morgan fingerprint density at radius 1 is 1.60 bits per heavy atom. The van der Waals surface area contributed by atoms with Crippen LogP contribution in [0.4, 0.5) is 0 Å². The Hall–Kier alpha value is -1.89.